The van der Waals surface area contributed by atoms with Crippen LogP contribution in [-0.4, -0.2) is 52.5 Å². The maximum absolute atomic E-state index is 12.6. The van der Waals surface area contributed by atoms with Gasteiger partial charge in [0, 0.05) is 31.1 Å². The molecule has 2 aliphatic rings. The van der Waals surface area contributed by atoms with Gasteiger partial charge in [-0.25, -0.2) is 0 Å². The summed E-state index contributed by atoms with van der Waals surface area (Å²) in [5.41, 5.74) is 1.99. The Morgan fingerprint density at radius 3 is 3.00 bits per heavy atom. The Morgan fingerprint density at radius 1 is 1.28 bits per heavy atom. The van der Waals surface area contributed by atoms with Crippen molar-refractivity contribution in [2.45, 2.75) is 45.3 Å². The van der Waals surface area contributed by atoms with Gasteiger partial charge in [0.05, 0.1) is 23.9 Å². The summed E-state index contributed by atoms with van der Waals surface area (Å²) in [6.45, 7) is 7.27. The first kappa shape index (κ1) is 16.3. The number of ether oxygens (including phenoxy) is 1. The van der Waals surface area contributed by atoms with Crippen LogP contribution in [0, 0.1) is 0 Å². The number of hydrogen-bond acceptors (Lipinski definition) is 4. The van der Waals surface area contributed by atoms with Crippen LogP contribution in [0.5, 0.6) is 5.75 Å². The van der Waals surface area contributed by atoms with Crippen LogP contribution in [0.25, 0.3) is 10.9 Å². The van der Waals surface area contributed by atoms with E-state index in [2.05, 4.69) is 21.9 Å². The molecule has 132 valence electrons. The average Bonchev–Trinajstić information content (AvgIpc) is 3.08. The molecule has 1 aromatic carbocycles. The molecule has 2 aromatic rings. The quantitative estimate of drug-likeness (QED) is 0.859. The van der Waals surface area contributed by atoms with E-state index in [1.807, 2.05) is 32.0 Å². The molecule has 5 nitrogen and oxygen atoms in total. The Kier molecular flexibility index (Phi) is 4.34. The van der Waals surface area contributed by atoms with E-state index < -0.39 is 0 Å². The first-order chi connectivity index (χ1) is 12.2. The molecule has 0 saturated carbocycles. The van der Waals surface area contributed by atoms with Crippen molar-refractivity contribution in [1.29, 1.82) is 0 Å². The third-order valence-corrected chi connectivity index (χ3v) is 5.41. The number of hydrogen-bond donors (Lipinski definition) is 0. The summed E-state index contributed by atoms with van der Waals surface area (Å²) in [5, 5.41) is 1.08. The van der Waals surface area contributed by atoms with E-state index in [0.29, 0.717) is 12.6 Å². The van der Waals surface area contributed by atoms with E-state index in [0.717, 1.165) is 54.8 Å². The largest absolute Gasteiger partial charge is 0.494 e. The van der Waals surface area contributed by atoms with Crippen LogP contribution < -0.4 is 4.74 Å². The van der Waals surface area contributed by atoms with Crippen LogP contribution in [0.2, 0.25) is 0 Å². The Hall–Kier alpha value is -2.14. The molecule has 0 spiro atoms. The number of benzene rings is 1. The number of carbonyl (C=O) groups excluding carboxylic acids is 1. The molecular formula is C20H25N3O2. The van der Waals surface area contributed by atoms with Crippen molar-refractivity contribution in [3.05, 3.63) is 36.0 Å². The fraction of sp³-hybridized carbons (Fsp3) is 0.500. The summed E-state index contributed by atoms with van der Waals surface area (Å²) in [4.78, 5) is 21.7. The Labute approximate surface area is 148 Å². The molecule has 2 fully saturated rings. The van der Waals surface area contributed by atoms with Crippen molar-refractivity contribution in [3.8, 4) is 5.75 Å². The lowest BCUT2D eigenvalue weighted by Gasteiger charge is -2.41. The number of rotatable bonds is 4. The zero-order valence-electron chi connectivity index (χ0n) is 14.9. The fourth-order valence-corrected chi connectivity index (χ4v) is 4.04. The highest BCUT2D eigenvalue weighted by atomic mass is 16.5. The Bertz CT molecular complexity index is 792. The fourth-order valence-electron chi connectivity index (χ4n) is 4.04. The van der Waals surface area contributed by atoms with Gasteiger partial charge < -0.3 is 9.64 Å². The molecule has 25 heavy (non-hydrogen) atoms. The molecule has 0 aliphatic carbocycles. The number of amides is 1. The van der Waals surface area contributed by atoms with Gasteiger partial charge in [-0.05, 0) is 51.0 Å². The maximum atomic E-state index is 12.6. The lowest BCUT2D eigenvalue weighted by molar-refractivity contribution is -0.143. The molecule has 2 saturated heterocycles. The smallest absolute Gasteiger partial charge is 0.239 e. The number of piperazine rings is 1. The van der Waals surface area contributed by atoms with Crippen LogP contribution in [0.3, 0.4) is 0 Å². The third-order valence-electron chi connectivity index (χ3n) is 5.41. The minimum Gasteiger partial charge on any atom is -0.494 e. The molecule has 0 radical (unpaired) electrons. The van der Waals surface area contributed by atoms with Gasteiger partial charge in [-0.3, -0.25) is 14.7 Å². The normalized spacial score (nSPS) is 23.9. The minimum absolute atomic E-state index is 0.0628. The predicted octanol–water partition coefficient (Wildman–Crippen LogP) is 2.83. The summed E-state index contributed by atoms with van der Waals surface area (Å²) >= 11 is 0. The molecule has 0 unspecified atom stereocenters. The van der Waals surface area contributed by atoms with E-state index >= 15 is 0 Å². The molecule has 1 aromatic heterocycles. The van der Waals surface area contributed by atoms with Crippen molar-refractivity contribution in [1.82, 2.24) is 14.8 Å². The number of nitrogens with zero attached hydrogens (tertiary/aromatic N) is 3. The van der Waals surface area contributed by atoms with Crippen LogP contribution in [0.4, 0.5) is 0 Å². The monoisotopic (exact) mass is 339 g/mol. The zero-order valence-corrected chi connectivity index (χ0v) is 14.9. The SMILES string of the molecule is CCOc1ccc2nc(CN3C[C@@H]4CCCN4C(=O)[C@H]3C)ccc2c1. The zero-order chi connectivity index (χ0) is 17.4. The van der Waals surface area contributed by atoms with Crippen molar-refractivity contribution < 1.29 is 9.53 Å². The first-order valence-corrected chi connectivity index (χ1v) is 9.22. The molecule has 5 heteroatoms. The highest BCUT2D eigenvalue weighted by molar-refractivity contribution is 5.83. The van der Waals surface area contributed by atoms with Crippen LogP contribution >= 0.6 is 0 Å². The minimum atomic E-state index is -0.0628. The molecule has 2 atom stereocenters. The molecule has 4 rings (SSSR count). The van der Waals surface area contributed by atoms with Crippen LogP contribution in [0.1, 0.15) is 32.4 Å². The lowest BCUT2D eigenvalue weighted by atomic mass is 10.1. The second-order valence-corrected chi connectivity index (χ2v) is 7.02. The summed E-state index contributed by atoms with van der Waals surface area (Å²) in [6.07, 6.45) is 2.26. The van der Waals surface area contributed by atoms with Gasteiger partial charge in [0.15, 0.2) is 0 Å². The topological polar surface area (TPSA) is 45.7 Å². The third kappa shape index (κ3) is 3.09. The molecule has 3 heterocycles. The lowest BCUT2D eigenvalue weighted by Crippen LogP contribution is -2.58. The summed E-state index contributed by atoms with van der Waals surface area (Å²) < 4.78 is 5.55. The molecule has 2 aliphatic heterocycles. The molecular weight excluding hydrogens is 314 g/mol. The maximum Gasteiger partial charge on any atom is 0.239 e. The van der Waals surface area contributed by atoms with E-state index in [4.69, 9.17) is 9.72 Å². The molecule has 0 bridgehead atoms. The van der Waals surface area contributed by atoms with E-state index in [1.165, 1.54) is 0 Å². The van der Waals surface area contributed by atoms with Crippen molar-refractivity contribution in [2.24, 2.45) is 0 Å². The first-order valence-electron chi connectivity index (χ1n) is 9.22. The highest BCUT2D eigenvalue weighted by Crippen LogP contribution is 2.27. The second kappa shape index (κ2) is 6.64. The van der Waals surface area contributed by atoms with Crippen LogP contribution in [-0.2, 0) is 11.3 Å². The average molecular weight is 339 g/mol. The van der Waals surface area contributed by atoms with Gasteiger partial charge in [-0.2, -0.15) is 0 Å². The second-order valence-electron chi connectivity index (χ2n) is 7.02. The summed E-state index contributed by atoms with van der Waals surface area (Å²) in [5.74, 6) is 1.15. The number of fused-ring (bicyclic) bond motifs is 2. The van der Waals surface area contributed by atoms with E-state index in [-0.39, 0.29) is 11.9 Å². The highest BCUT2D eigenvalue weighted by Gasteiger charge is 2.40. The van der Waals surface area contributed by atoms with Crippen molar-refractivity contribution >= 4 is 16.8 Å². The Balaban J connectivity index is 1.53. The van der Waals surface area contributed by atoms with Gasteiger partial charge >= 0.3 is 0 Å². The van der Waals surface area contributed by atoms with Crippen LogP contribution in [0.15, 0.2) is 30.3 Å². The van der Waals surface area contributed by atoms with Gasteiger partial charge in [0.1, 0.15) is 5.75 Å². The molecule has 0 N–H and O–H groups in total. The number of pyridine rings is 1. The number of aromatic nitrogens is 1. The standard InChI is InChI=1S/C20H25N3O2/c1-3-25-18-8-9-19-15(11-18)6-7-16(21-19)12-22-13-17-5-4-10-23(17)20(24)14(22)2/h6-9,11,14,17H,3-5,10,12-13H2,1-2H3/t14-,17+/m1/s1. The summed E-state index contributed by atoms with van der Waals surface area (Å²) in [6, 6.07) is 10.5. The van der Waals surface area contributed by atoms with Crippen molar-refractivity contribution in [2.75, 3.05) is 19.7 Å². The molecule has 1 amide bonds. The number of carbonyl (C=O) groups is 1. The predicted molar refractivity (Wildman–Crippen MR) is 97.5 cm³/mol. The van der Waals surface area contributed by atoms with Crippen molar-refractivity contribution in [3.63, 3.8) is 0 Å². The van der Waals surface area contributed by atoms with E-state index in [1.54, 1.807) is 0 Å². The van der Waals surface area contributed by atoms with Gasteiger partial charge in [-0.15, -0.1) is 0 Å². The summed E-state index contributed by atoms with van der Waals surface area (Å²) in [7, 11) is 0. The Morgan fingerprint density at radius 2 is 2.16 bits per heavy atom. The van der Waals surface area contributed by atoms with Gasteiger partial charge in [0.25, 0.3) is 0 Å². The van der Waals surface area contributed by atoms with Gasteiger partial charge in [-0.1, -0.05) is 6.07 Å². The van der Waals surface area contributed by atoms with Gasteiger partial charge in [0.2, 0.25) is 5.91 Å². The van der Waals surface area contributed by atoms with E-state index in [9.17, 15) is 4.79 Å².